The Kier molecular flexibility index (Phi) is 6.93. The van der Waals surface area contributed by atoms with E-state index in [0.29, 0.717) is 0 Å². The minimum atomic E-state index is -0.287. The topological polar surface area (TPSA) is 48.8 Å². The van der Waals surface area contributed by atoms with Crippen LogP contribution in [0, 0.1) is 5.92 Å². The molecule has 4 heteroatoms. The maximum atomic E-state index is 6.95. The van der Waals surface area contributed by atoms with Crippen LogP contribution in [0.25, 0.3) is 50.2 Å². The van der Waals surface area contributed by atoms with E-state index in [-0.39, 0.29) is 24.0 Å². The van der Waals surface area contributed by atoms with Gasteiger partial charge in [0.2, 0.25) is 0 Å². The van der Waals surface area contributed by atoms with Gasteiger partial charge in [0.25, 0.3) is 0 Å². The summed E-state index contributed by atoms with van der Waals surface area (Å²) in [5.41, 5.74) is 11.1. The number of ether oxygens (including phenoxy) is 1. The highest BCUT2D eigenvalue weighted by molar-refractivity contribution is 6.03. The number of benzene rings is 4. The molecule has 2 aliphatic heterocycles. The number of amidine groups is 1. The van der Waals surface area contributed by atoms with Crippen LogP contribution >= 0.6 is 0 Å². The molecule has 4 unspecified atom stereocenters. The summed E-state index contributed by atoms with van der Waals surface area (Å²) in [6.45, 7) is 0. The monoisotopic (exact) mass is 647 g/mol. The highest BCUT2D eigenvalue weighted by Gasteiger charge is 2.43. The van der Waals surface area contributed by atoms with Gasteiger partial charge in [0.15, 0.2) is 0 Å². The van der Waals surface area contributed by atoms with E-state index < -0.39 is 0 Å². The van der Waals surface area contributed by atoms with Gasteiger partial charge in [-0.1, -0.05) is 133 Å². The van der Waals surface area contributed by atoms with Gasteiger partial charge in [0.1, 0.15) is 23.2 Å². The molecule has 0 amide bonds. The van der Waals surface area contributed by atoms with Gasteiger partial charge in [-0.05, 0) is 83.3 Å². The SMILES string of the molecule is C1=CCC(C2=NC(C3c4oc5ccc(-c6ccccc6)cc5c4C=C4c5cc(-c6ccccc6)ccc5OC43)=CC(C3=CCCC=C3)[N-]2)C=C1. The zero-order valence-electron chi connectivity index (χ0n) is 27.6. The summed E-state index contributed by atoms with van der Waals surface area (Å²) in [4.78, 5) is 5.40. The second kappa shape index (κ2) is 11.9. The van der Waals surface area contributed by atoms with Crippen LogP contribution in [0.15, 0.2) is 166 Å². The molecule has 0 spiro atoms. The van der Waals surface area contributed by atoms with Crippen molar-refractivity contribution in [3.05, 3.63) is 179 Å². The summed E-state index contributed by atoms with van der Waals surface area (Å²) in [5.74, 6) is 2.53. The molecule has 3 aliphatic carbocycles. The van der Waals surface area contributed by atoms with Gasteiger partial charge >= 0.3 is 0 Å². The average Bonchev–Trinajstić information content (AvgIpc) is 3.75. The van der Waals surface area contributed by atoms with Crippen LogP contribution in [0.1, 0.15) is 42.1 Å². The molecule has 1 aromatic heterocycles. The molecule has 0 N–H and O–H groups in total. The fraction of sp³-hybridized carbons (Fsp3) is 0.152. The van der Waals surface area contributed by atoms with Crippen molar-refractivity contribution < 1.29 is 9.15 Å². The number of allylic oxidation sites excluding steroid dienone is 5. The third kappa shape index (κ3) is 4.94. The van der Waals surface area contributed by atoms with Crippen molar-refractivity contribution in [1.29, 1.82) is 0 Å². The molecule has 0 bridgehead atoms. The molecular formula is C46H35N2O2-. The molecule has 5 aliphatic rings. The van der Waals surface area contributed by atoms with Crippen molar-refractivity contribution in [2.24, 2.45) is 10.9 Å². The summed E-state index contributed by atoms with van der Waals surface area (Å²) < 4.78 is 13.8. The van der Waals surface area contributed by atoms with Crippen LogP contribution in [-0.2, 0) is 0 Å². The van der Waals surface area contributed by atoms with Crippen LogP contribution in [0.4, 0.5) is 0 Å². The quantitative estimate of drug-likeness (QED) is 0.191. The fourth-order valence-corrected chi connectivity index (χ4v) is 8.03. The largest absolute Gasteiger partial charge is 0.484 e. The van der Waals surface area contributed by atoms with Crippen molar-refractivity contribution in [3.8, 4) is 28.0 Å². The first-order valence-electron chi connectivity index (χ1n) is 17.7. The van der Waals surface area contributed by atoms with E-state index in [9.17, 15) is 0 Å². The van der Waals surface area contributed by atoms with Crippen LogP contribution < -0.4 is 4.74 Å². The standard InChI is InChI=1S/C46H35N2O2/c1-5-13-29(14-6-1)33-21-23-41-35(25-33)37-27-38-36-26-34(30-15-7-2-8-16-30)22-24-42(36)50-45(38)43(44(37)49-41)40-28-39(31-17-9-3-10-18-31)47-46(48-40)32-19-11-4-12-20-32/h1-2,4-9,11-19,21-28,32,39,43-44H,3,10,20H2/q-1. The zero-order chi connectivity index (χ0) is 33.0. The van der Waals surface area contributed by atoms with E-state index in [1.54, 1.807) is 0 Å². The summed E-state index contributed by atoms with van der Waals surface area (Å²) in [6.07, 6.45) is 22.7. The van der Waals surface area contributed by atoms with Gasteiger partial charge in [-0.2, -0.15) is 0 Å². The van der Waals surface area contributed by atoms with Crippen LogP contribution in [0.2, 0.25) is 0 Å². The highest BCUT2D eigenvalue weighted by Crippen LogP contribution is 2.54. The lowest BCUT2D eigenvalue weighted by Crippen LogP contribution is -2.30. The normalized spacial score (nSPS) is 23.1. The van der Waals surface area contributed by atoms with E-state index in [0.717, 1.165) is 75.5 Å². The van der Waals surface area contributed by atoms with Crippen LogP contribution in [0.3, 0.4) is 0 Å². The summed E-state index contributed by atoms with van der Waals surface area (Å²) in [7, 11) is 0. The van der Waals surface area contributed by atoms with Crippen molar-refractivity contribution in [2.45, 2.75) is 37.3 Å². The smallest absolute Gasteiger partial charge is 0.138 e. The number of fused-ring (bicyclic) bond motifs is 6. The van der Waals surface area contributed by atoms with Crippen LogP contribution in [0.5, 0.6) is 5.75 Å². The first kappa shape index (κ1) is 29.1. The first-order chi connectivity index (χ1) is 24.8. The number of hydrogen-bond donors (Lipinski definition) is 0. The van der Waals surface area contributed by atoms with E-state index in [1.165, 1.54) is 22.3 Å². The maximum absolute atomic E-state index is 6.95. The molecule has 0 fully saturated rings. The Balaban J connectivity index is 1.17. The van der Waals surface area contributed by atoms with Gasteiger partial charge in [0.05, 0.1) is 5.92 Å². The second-order valence-electron chi connectivity index (χ2n) is 13.6. The first-order valence-corrected chi connectivity index (χ1v) is 17.7. The summed E-state index contributed by atoms with van der Waals surface area (Å²) in [6, 6.07) is 34.1. The van der Waals surface area contributed by atoms with Gasteiger partial charge in [-0.15, -0.1) is 0 Å². The van der Waals surface area contributed by atoms with Crippen LogP contribution in [-0.4, -0.2) is 18.0 Å². The molecule has 4 atom stereocenters. The number of rotatable bonds is 5. The molecule has 3 heterocycles. The number of aliphatic imine (C=N–C) groups is 1. The average molecular weight is 648 g/mol. The summed E-state index contributed by atoms with van der Waals surface area (Å²) in [5, 5.41) is 6.37. The molecule has 5 aromatic rings. The predicted molar refractivity (Wildman–Crippen MR) is 204 cm³/mol. The number of nitrogens with zero attached hydrogens (tertiary/aromatic N) is 2. The number of hydrogen-bond acceptors (Lipinski definition) is 3. The Hall–Kier alpha value is -5.87. The van der Waals surface area contributed by atoms with Crippen molar-refractivity contribution in [3.63, 3.8) is 0 Å². The van der Waals surface area contributed by atoms with Crippen molar-refractivity contribution in [2.75, 3.05) is 0 Å². The third-order valence-corrected chi connectivity index (χ3v) is 10.5. The summed E-state index contributed by atoms with van der Waals surface area (Å²) >= 11 is 0. The van der Waals surface area contributed by atoms with E-state index in [2.05, 4.69) is 152 Å². The number of furan rings is 1. The zero-order valence-corrected chi connectivity index (χ0v) is 27.6. The fourth-order valence-electron chi connectivity index (χ4n) is 8.03. The minimum absolute atomic E-state index is 0.117. The van der Waals surface area contributed by atoms with Gasteiger partial charge < -0.3 is 19.5 Å². The minimum Gasteiger partial charge on any atom is -0.484 e. The van der Waals surface area contributed by atoms with E-state index in [4.69, 9.17) is 19.5 Å². The van der Waals surface area contributed by atoms with Gasteiger partial charge in [-0.25, -0.2) is 0 Å². The molecule has 4 nitrogen and oxygen atoms in total. The van der Waals surface area contributed by atoms with Crippen molar-refractivity contribution >= 4 is 28.5 Å². The third-order valence-electron chi connectivity index (χ3n) is 10.5. The Bertz CT molecular complexity index is 2370. The molecule has 242 valence electrons. The second-order valence-corrected chi connectivity index (χ2v) is 13.6. The Morgan fingerprint density at radius 2 is 1.56 bits per heavy atom. The predicted octanol–water partition coefficient (Wildman–Crippen LogP) is 11.6. The Morgan fingerprint density at radius 1 is 0.760 bits per heavy atom. The Morgan fingerprint density at radius 3 is 2.32 bits per heavy atom. The van der Waals surface area contributed by atoms with Gasteiger partial charge in [-0.3, -0.25) is 0 Å². The lowest BCUT2D eigenvalue weighted by Gasteiger charge is -2.40. The van der Waals surface area contributed by atoms with Crippen molar-refractivity contribution in [1.82, 2.24) is 0 Å². The van der Waals surface area contributed by atoms with E-state index in [1.807, 2.05) is 0 Å². The molecular weight excluding hydrogens is 613 g/mol. The Labute approximate surface area is 292 Å². The maximum Gasteiger partial charge on any atom is 0.138 e. The van der Waals surface area contributed by atoms with E-state index >= 15 is 0 Å². The van der Waals surface area contributed by atoms with Gasteiger partial charge in [0, 0.05) is 28.1 Å². The molecule has 0 saturated carbocycles. The lowest BCUT2D eigenvalue weighted by atomic mass is 9.79. The molecule has 50 heavy (non-hydrogen) atoms. The molecule has 4 aromatic carbocycles. The lowest BCUT2D eigenvalue weighted by molar-refractivity contribution is 0.240. The molecule has 0 radical (unpaired) electrons. The highest BCUT2D eigenvalue weighted by atomic mass is 16.5. The molecule has 10 rings (SSSR count). The molecule has 0 saturated heterocycles.